The molecule has 6 nitrogen and oxygen atoms in total. The molecule has 0 radical (unpaired) electrons. The fraction of sp³-hybridized carbons (Fsp3) is 0.432. The molecule has 3 aliphatic rings. The number of aliphatic hydroxyl groups is 1. The summed E-state index contributed by atoms with van der Waals surface area (Å²) in [6.45, 7) is 4.83. The first-order chi connectivity index (χ1) is 22.1. The molecular weight excluding hydrogens is 629 g/mol. The Morgan fingerprint density at radius 1 is 1.02 bits per heavy atom. The van der Waals surface area contributed by atoms with Crippen molar-refractivity contribution >= 4 is 22.2 Å². The minimum absolute atomic E-state index is 0.0377. The smallest absolute Gasteiger partial charge is 0.416 e. The van der Waals surface area contributed by atoms with Gasteiger partial charge in [-0.3, -0.25) is 8.98 Å². The van der Waals surface area contributed by atoms with Crippen molar-refractivity contribution in [2.75, 3.05) is 0 Å². The summed E-state index contributed by atoms with van der Waals surface area (Å²) < 4.78 is 78.2. The molecule has 0 saturated heterocycles. The average molecular weight is 669 g/mol. The molecule has 0 heterocycles. The number of ether oxygens (including phenoxy) is 1. The van der Waals surface area contributed by atoms with Crippen LogP contribution in [-0.2, 0) is 38.3 Å². The van der Waals surface area contributed by atoms with Crippen LogP contribution in [-0.4, -0.2) is 25.1 Å². The minimum Gasteiger partial charge on any atom is -0.427 e. The Balaban J connectivity index is 1.23. The van der Waals surface area contributed by atoms with Gasteiger partial charge in [0, 0.05) is 12.3 Å². The van der Waals surface area contributed by atoms with Crippen molar-refractivity contribution in [2.45, 2.75) is 88.5 Å². The van der Waals surface area contributed by atoms with Crippen molar-refractivity contribution < 1.29 is 40.4 Å². The van der Waals surface area contributed by atoms with E-state index in [0.29, 0.717) is 30.4 Å². The van der Waals surface area contributed by atoms with Crippen molar-refractivity contribution in [2.24, 2.45) is 17.3 Å². The Morgan fingerprint density at radius 3 is 2.47 bits per heavy atom. The molecule has 0 spiro atoms. The van der Waals surface area contributed by atoms with Crippen molar-refractivity contribution in [3.05, 3.63) is 100 Å². The molecule has 0 aliphatic heterocycles. The van der Waals surface area contributed by atoms with Gasteiger partial charge in [0.2, 0.25) is 0 Å². The van der Waals surface area contributed by atoms with E-state index in [1.54, 1.807) is 12.1 Å². The average Bonchev–Trinajstić information content (AvgIpc) is 3.28. The van der Waals surface area contributed by atoms with Gasteiger partial charge in [-0.25, -0.2) is 0 Å². The second-order valence-electron chi connectivity index (χ2n) is 13.6. The predicted octanol–water partition coefficient (Wildman–Crippen LogP) is 8.15. The van der Waals surface area contributed by atoms with E-state index < -0.39 is 39.5 Å². The third-order valence-corrected chi connectivity index (χ3v) is 12.1. The number of halogens is 3. The monoisotopic (exact) mass is 668 g/mol. The molecule has 2 saturated carbocycles. The van der Waals surface area contributed by atoms with Crippen molar-refractivity contribution in [3.8, 4) is 5.75 Å². The molecule has 5 atom stereocenters. The zero-order valence-corrected chi connectivity index (χ0v) is 27.5. The maximum absolute atomic E-state index is 14.1. The molecule has 0 bridgehead atoms. The van der Waals surface area contributed by atoms with Crippen LogP contribution in [0, 0.1) is 24.2 Å². The topological polar surface area (TPSA) is 89.9 Å². The van der Waals surface area contributed by atoms with E-state index in [0.717, 1.165) is 37.3 Å². The van der Waals surface area contributed by atoms with E-state index in [9.17, 15) is 31.5 Å². The number of alkyl halides is 3. The second kappa shape index (κ2) is 12.2. The van der Waals surface area contributed by atoms with Gasteiger partial charge in [-0.15, -0.1) is 0 Å². The van der Waals surface area contributed by atoms with Crippen LogP contribution in [0.25, 0.3) is 6.08 Å². The van der Waals surface area contributed by atoms with Crippen LogP contribution in [0.4, 0.5) is 13.2 Å². The predicted molar refractivity (Wildman–Crippen MR) is 171 cm³/mol. The number of carbonyl (C=O) groups excluding carboxylic acids is 1. The normalized spacial score (nSPS) is 27.3. The van der Waals surface area contributed by atoms with Crippen LogP contribution >= 0.6 is 0 Å². The van der Waals surface area contributed by atoms with Gasteiger partial charge in [0.1, 0.15) is 5.75 Å². The molecule has 10 heteroatoms. The first kappa shape index (κ1) is 33.4. The van der Waals surface area contributed by atoms with Gasteiger partial charge in [-0.05, 0) is 122 Å². The van der Waals surface area contributed by atoms with Crippen LogP contribution in [0.5, 0.6) is 5.75 Å². The summed E-state index contributed by atoms with van der Waals surface area (Å²) in [6, 6.07) is 15.4. The zero-order valence-electron chi connectivity index (χ0n) is 26.6. The molecule has 0 aromatic heterocycles. The lowest BCUT2D eigenvalue weighted by Gasteiger charge is -2.52. The Kier molecular flexibility index (Phi) is 8.68. The number of esters is 1. The van der Waals surface area contributed by atoms with E-state index in [-0.39, 0.29) is 27.9 Å². The molecule has 2 fully saturated rings. The first-order valence-corrected chi connectivity index (χ1v) is 17.4. The lowest BCUT2D eigenvalue weighted by atomic mass is 9.53. The molecule has 250 valence electrons. The van der Waals surface area contributed by atoms with Gasteiger partial charge in [-0.2, -0.15) is 21.6 Å². The van der Waals surface area contributed by atoms with Gasteiger partial charge in [0.25, 0.3) is 10.1 Å². The second-order valence-corrected chi connectivity index (χ2v) is 15.2. The highest BCUT2D eigenvalue weighted by Gasteiger charge is 2.60. The zero-order chi connectivity index (χ0) is 33.8. The van der Waals surface area contributed by atoms with Crippen LogP contribution < -0.4 is 4.74 Å². The van der Waals surface area contributed by atoms with Gasteiger partial charge in [-0.1, -0.05) is 48.9 Å². The first-order valence-electron chi connectivity index (χ1n) is 16.0. The number of benzene rings is 3. The van der Waals surface area contributed by atoms with Crippen molar-refractivity contribution in [1.82, 2.24) is 0 Å². The highest BCUT2D eigenvalue weighted by molar-refractivity contribution is 7.86. The summed E-state index contributed by atoms with van der Waals surface area (Å²) >= 11 is 0. The number of hydrogen-bond acceptors (Lipinski definition) is 6. The van der Waals surface area contributed by atoms with Crippen molar-refractivity contribution in [3.63, 3.8) is 0 Å². The van der Waals surface area contributed by atoms with E-state index in [1.165, 1.54) is 54.5 Å². The van der Waals surface area contributed by atoms with Gasteiger partial charge < -0.3 is 9.84 Å². The lowest BCUT2D eigenvalue weighted by Crippen LogP contribution is -2.49. The quantitative estimate of drug-likeness (QED) is 0.155. The highest BCUT2D eigenvalue weighted by atomic mass is 32.2. The largest absolute Gasteiger partial charge is 0.427 e. The van der Waals surface area contributed by atoms with Gasteiger partial charge in [0.15, 0.2) is 0 Å². The fourth-order valence-corrected chi connectivity index (χ4v) is 9.25. The van der Waals surface area contributed by atoms with Crippen molar-refractivity contribution in [1.29, 1.82) is 0 Å². The number of hydrogen-bond donors (Lipinski definition) is 1. The molecule has 0 amide bonds. The molecule has 1 N–H and O–H groups in total. The van der Waals surface area contributed by atoms with E-state index in [1.807, 2.05) is 19.1 Å². The standard InChI is InChI=1S/C37H39F3O6S/c1-23-4-9-29(10-5-23)47(43,44)45-22-25-6-13-33(37(38,39)40)27(20-25)14-18-36(42)19-16-34-32-11-7-26-21-28(46-24(2)41)8-12-30(26)31(32)15-17-35(34,36)3/h4-6,8-10,12-14,18,20-21,31-32,34,42H,7,11,15-17,19,22H2,1-3H3/t31?,32?,34?,35-,36-/m0/s1. The Morgan fingerprint density at radius 2 is 1.77 bits per heavy atom. The van der Waals surface area contributed by atoms with Gasteiger partial charge in [0.05, 0.1) is 22.7 Å². The molecule has 6 rings (SSSR count). The van der Waals surface area contributed by atoms with Crippen LogP contribution in [0.2, 0.25) is 0 Å². The van der Waals surface area contributed by atoms with Gasteiger partial charge >= 0.3 is 12.1 Å². The molecule has 3 unspecified atom stereocenters. The maximum atomic E-state index is 14.1. The van der Waals surface area contributed by atoms with Crippen LogP contribution in [0.15, 0.2) is 71.6 Å². The van der Waals surface area contributed by atoms with Crippen LogP contribution in [0.3, 0.4) is 0 Å². The van der Waals surface area contributed by atoms with E-state index in [4.69, 9.17) is 8.92 Å². The number of aryl methyl sites for hydroxylation is 2. The minimum atomic E-state index is -4.65. The molecule has 47 heavy (non-hydrogen) atoms. The third-order valence-electron chi connectivity index (χ3n) is 10.8. The summed E-state index contributed by atoms with van der Waals surface area (Å²) in [4.78, 5) is 11.4. The number of rotatable bonds is 7. The van der Waals surface area contributed by atoms with E-state index in [2.05, 4.69) is 13.0 Å². The van der Waals surface area contributed by atoms with Crippen LogP contribution in [0.1, 0.15) is 85.3 Å². The molecule has 3 aromatic rings. The highest BCUT2D eigenvalue weighted by Crippen LogP contribution is 2.64. The number of carbonyl (C=O) groups is 1. The summed E-state index contributed by atoms with van der Waals surface area (Å²) in [7, 11) is -4.12. The molecular formula is C37H39F3O6S. The fourth-order valence-electron chi connectivity index (χ4n) is 8.36. The summed E-state index contributed by atoms with van der Waals surface area (Å²) in [5.74, 6) is 0.992. The molecule has 3 aliphatic carbocycles. The molecule has 3 aromatic carbocycles. The van der Waals surface area contributed by atoms with E-state index >= 15 is 0 Å². The Bertz CT molecular complexity index is 1820. The summed E-state index contributed by atoms with van der Waals surface area (Å²) in [6.07, 6.45) is 2.72. The lowest BCUT2D eigenvalue weighted by molar-refractivity contribution is -0.137. The summed E-state index contributed by atoms with van der Waals surface area (Å²) in [5.41, 5.74) is 0.696. The SMILES string of the molecule is CC(=O)Oc1ccc2c(c1)CCC1C2CC[C@@]2(C)C1CC[C@@]2(O)C=Cc1cc(COS(=O)(=O)c2ccc(C)cc2)ccc1C(F)(F)F. The Labute approximate surface area is 273 Å². The summed E-state index contributed by atoms with van der Waals surface area (Å²) in [5, 5.41) is 12.1. The Hall–Kier alpha value is -3.47. The third kappa shape index (κ3) is 6.39. The number of fused-ring (bicyclic) bond motifs is 5. The maximum Gasteiger partial charge on any atom is 0.416 e.